The molecule has 1 nitrogen and oxygen atoms in total. The van der Waals surface area contributed by atoms with Crippen molar-refractivity contribution in [3.63, 3.8) is 0 Å². The lowest BCUT2D eigenvalue weighted by Gasteiger charge is -2.31. The van der Waals surface area contributed by atoms with Crippen LogP contribution in [0.3, 0.4) is 0 Å². The second-order valence-electron chi connectivity index (χ2n) is 6.75. The van der Waals surface area contributed by atoms with E-state index in [9.17, 15) is 0 Å². The number of halogens is 1. The maximum Gasteiger partial charge on any atom is 0.0178 e. The van der Waals surface area contributed by atoms with Crippen molar-refractivity contribution in [3.05, 3.63) is 33.8 Å². The summed E-state index contributed by atoms with van der Waals surface area (Å²) in [4.78, 5) is 0. The van der Waals surface area contributed by atoms with Gasteiger partial charge in [-0.25, -0.2) is 0 Å². The van der Waals surface area contributed by atoms with Crippen LogP contribution in [0.15, 0.2) is 22.7 Å². The zero-order chi connectivity index (χ0) is 13.3. The summed E-state index contributed by atoms with van der Waals surface area (Å²) in [5, 5.41) is 3.85. The lowest BCUT2D eigenvalue weighted by molar-refractivity contribution is 0.289. The predicted octanol–water partition coefficient (Wildman–Crippen LogP) is 4.48. The van der Waals surface area contributed by atoms with Gasteiger partial charge in [-0.3, -0.25) is 0 Å². The molecule has 1 N–H and O–H groups in total. The first-order valence-electron chi connectivity index (χ1n) is 7.65. The molecule has 2 aliphatic carbocycles. The number of nitrogens with one attached hydrogen (secondary N) is 1. The van der Waals surface area contributed by atoms with E-state index in [1.165, 1.54) is 56.0 Å². The average molecular weight is 322 g/mol. The lowest BCUT2D eigenvalue weighted by Crippen LogP contribution is -2.40. The Balaban J connectivity index is 1.58. The second kappa shape index (κ2) is 5.57. The molecule has 0 heterocycles. The molecule has 0 aromatic heterocycles. The Hall–Kier alpha value is -0.340. The van der Waals surface area contributed by atoms with Crippen LogP contribution < -0.4 is 5.32 Å². The van der Waals surface area contributed by atoms with E-state index in [4.69, 9.17) is 0 Å². The van der Waals surface area contributed by atoms with Gasteiger partial charge >= 0.3 is 0 Å². The maximum absolute atomic E-state index is 3.85. The summed E-state index contributed by atoms with van der Waals surface area (Å²) in [6, 6.07) is 7.46. The number of fused-ring (bicyclic) bond motifs is 1. The molecule has 1 saturated carbocycles. The van der Waals surface area contributed by atoms with Crippen molar-refractivity contribution < 1.29 is 0 Å². The smallest absolute Gasteiger partial charge is 0.0178 e. The molecule has 104 valence electrons. The molecule has 19 heavy (non-hydrogen) atoms. The molecule has 1 fully saturated rings. The van der Waals surface area contributed by atoms with E-state index < -0.39 is 0 Å². The van der Waals surface area contributed by atoms with Gasteiger partial charge in [-0.05, 0) is 60.8 Å². The van der Waals surface area contributed by atoms with Gasteiger partial charge < -0.3 is 5.32 Å². The van der Waals surface area contributed by atoms with Crippen LogP contribution in [0, 0.1) is 5.41 Å². The van der Waals surface area contributed by atoms with E-state index in [-0.39, 0.29) is 0 Å². The van der Waals surface area contributed by atoms with E-state index >= 15 is 0 Å². The van der Waals surface area contributed by atoms with Gasteiger partial charge in [-0.2, -0.15) is 0 Å². The summed E-state index contributed by atoms with van der Waals surface area (Å²) < 4.78 is 1.22. The fourth-order valence-electron chi connectivity index (χ4n) is 3.69. The fourth-order valence-corrected chi connectivity index (χ4v) is 4.10. The van der Waals surface area contributed by atoms with Crippen molar-refractivity contribution in [1.82, 2.24) is 5.32 Å². The molecular weight excluding hydrogens is 298 g/mol. The Labute approximate surface area is 125 Å². The van der Waals surface area contributed by atoms with Gasteiger partial charge in [-0.1, -0.05) is 41.8 Å². The third-order valence-electron chi connectivity index (χ3n) is 5.02. The number of rotatable bonds is 3. The first kappa shape index (κ1) is 13.6. The van der Waals surface area contributed by atoms with Gasteiger partial charge in [0.15, 0.2) is 0 Å². The van der Waals surface area contributed by atoms with E-state index in [2.05, 4.69) is 46.4 Å². The van der Waals surface area contributed by atoms with Crippen molar-refractivity contribution in [1.29, 1.82) is 0 Å². The van der Waals surface area contributed by atoms with Gasteiger partial charge in [0, 0.05) is 17.1 Å². The highest BCUT2D eigenvalue weighted by molar-refractivity contribution is 9.10. The zero-order valence-electron chi connectivity index (χ0n) is 11.8. The molecular formula is C17H24BrN. The number of aryl methyl sites for hydroxylation is 1. The average Bonchev–Trinajstić information content (AvgIpc) is 2.84. The highest BCUT2D eigenvalue weighted by atomic mass is 79.9. The van der Waals surface area contributed by atoms with Gasteiger partial charge in [0.25, 0.3) is 0 Å². The van der Waals surface area contributed by atoms with Crippen LogP contribution in [0.5, 0.6) is 0 Å². The standard InChI is InChI=1S/C17H24BrN/c1-17(8-2-3-9-17)12-19-16-7-5-13-10-15(18)6-4-14(13)11-16/h4,6,10,16,19H,2-3,5,7-9,11-12H2,1H3. The topological polar surface area (TPSA) is 12.0 Å². The number of benzene rings is 1. The van der Waals surface area contributed by atoms with E-state index in [1.807, 2.05) is 0 Å². The Morgan fingerprint density at radius 2 is 2.05 bits per heavy atom. The Kier molecular flexibility index (Phi) is 4.00. The van der Waals surface area contributed by atoms with Crippen LogP contribution in [0.4, 0.5) is 0 Å². The largest absolute Gasteiger partial charge is 0.313 e. The quantitative estimate of drug-likeness (QED) is 0.865. The van der Waals surface area contributed by atoms with E-state index in [0.29, 0.717) is 11.5 Å². The van der Waals surface area contributed by atoms with Crippen molar-refractivity contribution in [2.45, 2.75) is 57.9 Å². The van der Waals surface area contributed by atoms with Crippen LogP contribution in [0.2, 0.25) is 0 Å². The minimum atomic E-state index is 0.569. The number of hydrogen-bond donors (Lipinski definition) is 1. The molecule has 0 bridgehead atoms. The summed E-state index contributed by atoms with van der Waals surface area (Å²) in [6.07, 6.45) is 9.41. The van der Waals surface area contributed by atoms with Gasteiger partial charge in [0.1, 0.15) is 0 Å². The molecule has 0 spiro atoms. The lowest BCUT2D eigenvalue weighted by atomic mass is 9.85. The summed E-state index contributed by atoms with van der Waals surface area (Å²) in [5.41, 5.74) is 3.66. The summed E-state index contributed by atoms with van der Waals surface area (Å²) >= 11 is 3.57. The summed E-state index contributed by atoms with van der Waals surface area (Å²) in [5.74, 6) is 0. The predicted molar refractivity (Wildman–Crippen MR) is 84.5 cm³/mol. The Bertz CT molecular complexity index is 449. The molecule has 2 heteroatoms. The molecule has 0 aliphatic heterocycles. The molecule has 3 rings (SSSR count). The molecule has 1 unspecified atom stereocenters. The zero-order valence-corrected chi connectivity index (χ0v) is 13.4. The normalized spacial score (nSPS) is 25.3. The molecule has 0 saturated heterocycles. The Morgan fingerprint density at radius 1 is 1.26 bits per heavy atom. The molecule has 0 radical (unpaired) electrons. The van der Waals surface area contributed by atoms with Gasteiger partial charge in [-0.15, -0.1) is 0 Å². The van der Waals surface area contributed by atoms with Gasteiger partial charge in [0.05, 0.1) is 0 Å². The molecule has 2 aliphatic rings. The van der Waals surface area contributed by atoms with Crippen molar-refractivity contribution in [2.75, 3.05) is 6.54 Å². The van der Waals surface area contributed by atoms with Crippen molar-refractivity contribution >= 4 is 15.9 Å². The minimum Gasteiger partial charge on any atom is -0.313 e. The Morgan fingerprint density at radius 3 is 2.84 bits per heavy atom. The molecule has 0 amide bonds. The number of hydrogen-bond acceptors (Lipinski definition) is 1. The minimum absolute atomic E-state index is 0.569. The third-order valence-corrected chi connectivity index (χ3v) is 5.52. The van der Waals surface area contributed by atoms with E-state index in [1.54, 1.807) is 11.1 Å². The summed E-state index contributed by atoms with van der Waals surface area (Å²) in [6.45, 7) is 3.67. The summed E-state index contributed by atoms with van der Waals surface area (Å²) in [7, 11) is 0. The highest BCUT2D eigenvalue weighted by Gasteiger charge is 2.29. The molecule has 1 aromatic rings. The maximum atomic E-state index is 3.85. The van der Waals surface area contributed by atoms with Crippen molar-refractivity contribution in [2.24, 2.45) is 5.41 Å². The van der Waals surface area contributed by atoms with Crippen LogP contribution in [-0.4, -0.2) is 12.6 Å². The fraction of sp³-hybridized carbons (Fsp3) is 0.647. The molecule has 1 aromatic carbocycles. The van der Waals surface area contributed by atoms with E-state index in [0.717, 1.165) is 0 Å². The van der Waals surface area contributed by atoms with Crippen LogP contribution in [0.25, 0.3) is 0 Å². The first-order valence-corrected chi connectivity index (χ1v) is 8.45. The SMILES string of the molecule is CC1(CNC2CCc3cc(Br)ccc3C2)CCCC1. The van der Waals surface area contributed by atoms with Crippen LogP contribution in [-0.2, 0) is 12.8 Å². The van der Waals surface area contributed by atoms with Gasteiger partial charge in [0.2, 0.25) is 0 Å². The highest BCUT2D eigenvalue weighted by Crippen LogP contribution is 2.37. The van der Waals surface area contributed by atoms with Crippen LogP contribution >= 0.6 is 15.9 Å². The second-order valence-corrected chi connectivity index (χ2v) is 7.67. The van der Waals surface area contributed by atoms with Crippen molar-refractivity contribution in [3.8, 4) is 0 Å². The first-order chi connectivity index (χ1) is 9.15. The monoisotopic (exact) mass is 321 g/mol. The third kappa shape index (κ3) is 3.22. The van der Waals surface area contributed by atoms with Crippen LogP contribution in [0.1, 0.15) is 50.2 Å². The molecule has 1 atom stereocenters.